The number of nitrogens with zero attached hydrogens (tertiary/aromatic N) is 2. The van der Waals surface area contributed by atoms with E-state index in [9.17, 15) is 9.59 Å². The van der Waals surface area contributed by atoms with Gasteiger partial charge in [0, 0.05) is 12.6 Å². The second-order valence-electron chi connectivity index (χ2n) is 4.35. The van der Waals surface area contributed by atoms with Crippen LogP contribution in [0.5, 0.6) is 0 Å². The molecule has 6 heteroatoms. The van der Waals surface area contributed by atoms with Crippen molar-refractivity contribution in [3.63, 3.8) is 0 Å². The van der Waals surface area contributed by atoms with Crippen molar-refractivity contribution in [3.05, 3.63) is 24.0 Å². The number of carboxylic acids is 1. The first-order valence-electron chi connectivity index (χ1n) is 5.82. The number of hydrogen-bond donors (Lipinski definition) is 2. The molecule has 1 aromatic heterocycles. The molecule has 0 aliphatic heterocycles. The summed E-state index contributed by atoms with van der Waals surface area (Å²) < 4.78 is 0. The summed E-state index contributed by atoms with van der Waals surface area (Å²) in [4.78, 5) is 28.3. The van der Waals surface area contributed by atoms with Crippen LogP contribution in [-0.2, 0) is 4.79 Å². The van der Waals surface area contributed by atoms with Gasteiger partial charge in [-0.25, -0.2) is 4.98 Å². The summed E-state index contributed by atoms with van der Waals surface area (Å²) in [5, 5.41) is 8.68. The zero-order valence-electron chi connectivity index (χ0n) is 9.87. The Morgan fingerprint density at radius 2 is 2.17 bits per heavy atom. The second kappa shape index (κ2) is 5.03. The van der Waals surface area contributed by atoms with Gasteiger partial charge in [0.2, 0.25) is 0 Å². The Kier molecular flexibility index (Phi) is 3.45. The van der Waals surface area contributed by atoms with Crippen molar-refractivity contribution in [1.29, 1.82) is 0 Å². The molecule has 1 saturated carbocycles. The minimum absolute atomic E-state index is 0.0444. The molecule has 2 rings (SSSR count). The van der Waals surface area contributed by atoms with E-state index in [-0.39, 0.29) is 24.9 Å². The molecule has 96 valence electrons. The number of carbonyl (C=O) groups is 2. The molecule has 0 saturated heterocycles. The van der Waals surface area contributed by atoms with E-state index in [1.165, 1.54) is 6.20 Å². The van der Waals surface area contributed by atoms with E-state index in [0.29, 0.717) is 11.4 Å². The normalized spacial score (nSPS) is 14.2. The first-order valence-corrected chi connectivity index (χ1v) is 5.82. The van der Waals surface area contributed by atoms with Crippen LogP contribution in [0.1, 0.15) is 29.8 Å². The lowest BCUT2D eigenvalue weighted by atomic mass is 10.2. The predicted octanol–water partition coefficient (Wildman–Crippen LogP) is 0.743. The number of amides is 1. The molecule has 1 aromatic rings. The molecule has 1 aliphatic rings. The molecule has 1 amide bonds. The van der Waals surface area contributed by atoms with Crippen molar-refractivity contribution in [3.8, 4) is 0 Å². The van der Waals surface area contributed by atoms with Gasteiger partial charge >= 0.3 is 5.97 Å². The third-order valence-electron chi connectivity index (χ3n) is 2.82. The number of carboxylic acid groups (broad SMARTS) is 1. The highest BCUT2D eigenvalue weighted by atomic mass is 16.4. The van der Waals surface area contributed by atoms with Gasteiger partial charge in [-0.1, -0.05) is 0 Å². The molecule has 6 nitrogen and oxygen atoms in total. The van der Waals surface area contributed by atoms with E-state index in [1.807, 2.05) is 0 Å². The fraction of sp³-hybridized carbons (Fsp3) is 0.417. The number of carbonyl (C=O) groups excluding carboxylic acids is 1. The maximum absolute atomic E-state index is 12.2. The van der Waals surface area contributed by atoms with Crippen molar-refractivity contribution in [1.82, 2.24) is 9.88 Å². The van der Waals surface area contributed by atoms with E-state index < -0.39 is 5.97 Å². The van der Waals surface area contributed by atoms with Gasteiger partial charge < -0.3 is 15.7 Å². The van der Waals surface area contributed by atoms with Gasteiger partial charge in [-0.15, -0.1) is 0 Å². The monoisotopic (exact) mass is 249 g/mol. The molecule has 0 atom stereocenters. The number of rotatable bonds is 5. The highest BCUT2D eigenvalue weighted by Crippen LogP contribution is 2.28. The average Bonchev–Trinajstić information content (AvgIpc) is 3.14. The highest BCUT2D eigenvalue weighted by molar-refractivity contribution is 5.93. The number of pyridine rings is 1. The van der Waals surface area contributed by atoms with E-state index in [0.717, 1.165) is 12.8 Å². The van der Waals surface area contributed by atoms with Gasteiger partial charge in [0.05, 0.1) is 18.3 Å². The lowest BCUT2D eigenvalue weighted by molar-refractivity contribution is -0.137. The lowest BCUT2D eigenvalue weighted by Crippen LogP contribution is -2.35. The van der Waals surface area contributed by atoms with E-state index >= 15 is 0 Å². The molecular formula is C12H15N3O3. The molecule has 18 heavy (non-hydrogen) atoms. The van der Waals surface area contributed by atoms with Gasteiger partial charge in [-0.3, -0.25) is 9.59 Å². The lowest BCUT2D eigenvalue weighted by Gasteiger charge is -2.21. The average molecular weight is 249 g/mol. The van der Waals surface area contributed by atoms with Gasteiger partial charge in [-0.05, 0) is 25.0 Å². The molecule has 0 spiro atoms. The zero-order valence-corrected chi connectivity index (χ0v) is 9.87. The Morgan fingerprint density at radius 3 is 2.67 bits per heavy atom. The maximum Gasteiger partial charge on any atom is 0.305 e. The van der Waals surface area contributed by atoms with Gasteiger partial charge in [0.1, 0.15) is 5.69 Å². The first-order chi connectivity index (χ1) is 8.58. The van der Waals surface area contributed by atoms with Crippen LogP contribution in [-0.4, -0.2) is 39.5 Å². The fourth-order valence-electron chi connectivity index (χ4n) is 1.73. The summed E-state index contributed by atoms with van der Waals surface area (Å²) in [6.45, 7) is 0.227. The minimum Gasteiger partial charge on any atom is -0.481 e. The molecule has 1 heterocycles. The second-order valence-corrected chi connectivity index (χ2v) is 4.35. The first kappa shape index (κ1) is 12.3. The van der Waals surface area contributed by atoms with Crippen molar-refractivity contribution < 1.29 is 14.7 Å². The van der Waals surface area contributed by atoms with Crippen LogP contribution >= 0.6 is 0 Å². The zero-order chi connectivity index (χ0) is 13.1. The molecule has 0 unspecified atom stereocenters. The number of aliphatic carboxylic acids is 1. The van der Waals surface area contributed by atoms with Crippen LogP contribution in [0.25, 0.3) is 0 Å². The fourth-order valence-corrected chi connectivity index (χ4v) is 1.73. The number of anilines is 1. The Morgan fingerprint density at radius 1 is 1.44 bits per heavy atom. The third kappa shape index (κ3) is 2.97. The number of nitrogens with two attached hydrogens (primary N) is 1. The van der Waals surface area contributed by atoms with E-state index in [1.54, 1.807) is 17.0 Å². The highest BCUT2D eigenvalue weighted by Gasteiger charge is 2.33. The Bertz CT molecular complexity index is 454. The largest absolute Gasteiger partial charge is 0.481 e. The maximum atomic E-state index is 12.2. The quantitative estimate of drug-likeness (QED) is 0.802. The van der Waals surface area contributed by atoms with Gasteiger partial charge in [0.15, 0.2) is 0 Å². The van der Waals surface area contributed by atoms with Crippen LogP contribution < -0.4 is 5.73 Å². The molecular weight excluding hydrogens is 234 g/mol. The van der Waals surface area contributed by atoms with Crippen LogP contribution in [0.3, 0.4) is 0 Å². The number of hydrogen-bond acceptors (Lipinski definition) is 4. The molecule has 3 N–H and O–H groups in total. The number of nitrogen functional groups attached to an aromatic ring is 1. The topological polar surface area (TPSA) is 96.5 Å². The molecule has 0 aromatic carbocycles. The Hall–Kier alpha value is -2.11. The van der Waals surface area contributed by atoms with E-state index in [2.05, 4.69) is 4.98 Å². The molecule has 0 radical (unpaired) electrons. The van der Waals surface area contributed by atoms with Crippen molar-refractivity contribution >= 4 is 17.6 Å². The summed E-state index contributed by atoms with van der Waals surface area (Å²) in [6, 6.07) is 3.34. The van der Waals surface area contributed by atoms with E-state index in [4.69, 9.17) is 10.8 Å². The Labute approximate surface area is 104 Å². The smallest absolute Gasteiger partial charge is 0.305 e. The summed E-state index contributed by atoms with van der Waals surface area (Å²) in [5.74, 6) is -1.13. The third-order valence-corrected chi connectivity index (χ3v) is 2.82. The van der Waals surface area contributed by atoms with Crippen LogP contribution in [0.4, 0.5) is 5.69 Å². The summed E-state index contributed by atoms with van der Waals surface area (Å²) >= 11 is 0. The standard InChI is InChI=1S/C12H15N3O3/c13-8-1-4-10(14-7-8)12(18)15(9-2-3-9)6-5-11(16)17/h1,4,7,9H,2-3,5-6,13H2,(H,16,17). The Balaban J connectivity index is 2.07. The van der Waals surface area contributed by atoms with Crippen LogP contribution in [0.2, 0.25) is 0 Å². The SMILES string of the molecule is Nc1ccc(C(=O)N(CCC(=O)O)C2CC2)nc1. The number of aromatic nitrogens is 1. The molecule has 1 aliphatic carbocycles. The van der Waals surface area contributed by atoms with Gasteiger partial charge in [-0.2, -0.15) is 0 Å². The van der Waals surface area contributed by atoms with Crippen LogP contribution in [0, 0.1) is 0 Å². The predicted molar refractivity (Wildman–Crippen MR) is 65.0 cm³/mol. The summed E-state index contributed by atoms with van der Waals surface area (Å²) in [5.41, 5.74) is 6.31. The van der Waals surface area contributed by atoms with Crippen molar-refractivity contribution in [2.45, 2.75) is 25.3 Å². The summed E-state index contributed by atoms with van der Waals surface area (Å²) in [7, 11) is 0. The minimum atomic E-state index is -0.904. The summed E-state index contributed by atoms with van der Waals surface area (Å²) in [6.07, 6.45) is 3.24. The van der Waals surface area contributed by atoms with Crippen LogP contribution in [0.15, 0.2) is 18.3 Å². The molecule has 0 bridgehead atoms. The van der Waals surface area contributed by atoms with Gasteiger partial charge in [0.25, 0.3) is 5.91 Å². The van der Waals surface area contributed by atoms with Crippen molar-refractivity contribution in [2.24, 2.45) is 0 Å². The molecule has 1 fully saturated rings. The van der Waals surface area contributed by atoms with Crippen molar-refractivity contribution in [2.75, 3.05) is 12.3 Å².